The van der Waals surface area contributed by atoms with Gasteiger partial charge in [0.25, 0.3) is 0 Å². The van der Waals surface area contributed by atoms with E-state index in [1.165, 1.54) is 0 Å². The van der Waals surface area contributed by atoms with Crippen LogP contribution < -0.4 is 5.73 Å². The highest BCUT2D eigenvalue weighted by molar-refractivity contribution is 6.04. The highest BCUT2D eigenvalue weighted by Gasteiger charge is 2.31. The summed E-state index contributed by atoms with van der Waals surface area (Å²) in [6, 6.07) is 3.79. The van der Waals surface area contributed by atoms with Crippen LogP contribution in [0.2, 0.25) is 0 Å². The second-order valence-corrected chi connectivity index (χ2v) is 3.57. The van der Waals surface area contributed by atoms with E-state index < -0.39 is 29.3 Å². The van der Waals surface area contributed by atoms with Crippen molar-refractivity contribution in [1.29, 1.82) is 0 Å². The second-order valence-electron chi connectivity index (χ2n) is 3.57. The average molecular weight is 245 g/mol. The van der Waals surface area contributed by atoms with E-state index >= 15 is 0 Å². The smallest absolute Gasteiger partial charge is 0.369 e. The van der Waals surface area contributed by atoms with Gasteiger partial charge in [-0.1, -0.05) is 12.1 Å². The molecule has 0 aromatic heterocycles. The van der Waals surface area contributed by atoms with Gasteiger partial charge in [-0.2, -0.15) is 13.2 Å². The number of ketones is 1. The molecular formula is C11H10F3NO2. The first kappa shape index (κ1) is 13.2. The van der Waals surface area contributed by atoms with Crippen molar-refractivity contribution < 1.29 is 22.8 Å². The molecule has 0 fully saturated rings. The molecular weight excluding hydrogens is 235 g/mol. The summed E-state index contributed by atoms with van der Waals surface area (Å²) in [7, 11) is 0. The molecule has 0 aliphatic heterocycles. The first-order valence-electron chi connectivity index (χ1n) is 4.70. The molecule has 2 N–H and O–H groups in total. The van der Waals surface area contributed by atoms with Gasteiger partial charge in [-0.15, -0.1) is 0 Å². The molecule has 6 heteroatoms. The van der Waals surface area contributed by atoms with Crippen molar-refractivity contribution in [3.05, 3.63) is 35.4 Å². The van der Waals surface area contributed by atoms with Gasteiger partial charge in [0.05, 0.1) is 5.56 Å². The molecule has 1 aromatic rings. The maximum atomic E-state index is 12.3. The number of amides is 1. The molecule has 0 aliphatic carbocycles. The van der Waals surface area contributed by atoms with Crippen molar-refractivity contribution in [2.75, 3.05) is 0 Å². The SMILES string of the molecule is CC(=O)[C@@H](C(N)=O)c1ccc(C(F)(F)F)cc1. The molecule has 1 rings (SSSR count). The Morgan fingerprint density at radius 1 is 1.18 bits per heavy atom. The van der Waals surface area contributed by atoms with Crippen molar-refractivity contribution in [2.24, 2.45) is 5.73 Å². The highest BCUT2D eigenvalue weighted by atomic mass is 19.4. The van der Waals surface area contributed by atoms with Crippen molar-refractivity contribution in [3.63, 3.8) is 0 Å². The Hall–Kier alpha value is -1.85. The summed E-state index contributed by atoms with van der Waals surface area (Å²) >= 11 is 0. The molecule has 3 nitrogen and oxygen atoms in total. The molecule has 0 heterocycles. The summed E-state index contributed by atoms with van der Waals surface area (Å²) in [5.41, 5.74) is 4.34. The molecule has 92 valence electrons. The van der Waals surface area contributed by atoms with E-state index in [1.807, 2.05) is 0 Å². The molecule has 0 bridgehead atoms. The molecule has 0 saturated heterocycles. The Kier molecular flexibility index (Phi) is 3.55. The summed E-state index contributed by atoms with van der Waals surface area (Å²) in [5, 5.41) is 0. The van der Waals surface area contributed by atoms with Gasteiger partial charge in [0.15, 0.2) is 0 Å². The molecule has 0 unspecified atom stereocenters. The predicted octanol–water partition coefficient (Wildman–Crippen LogP) is 1.86. The number of Topliss-reactive ketones (excluding diaryl/α,β-unsaturated/α-hetero) is 1. The molecule has 17 heavy (non-hydrogen) atoms. The van der Waals surface area contributed by atoms with Crippen molar-refractivity contribution >= 4 is 11.7 Å². The maximum absolute atomic E-state index is 12.3. The van der Waals surface area contributed by atoms with Gasteiger partial charge in [-0.25, -0.2) is 0 Å². The van der Waals surface area contributed by atoms with Gasteiger partial charge < -0.3 is 5.73 Å². The number of nitrogens with two attached hydrogens (primary N) is 1. The number of alkyl halides is 3. The van der Waals surface area contributed by atoms with Crippen LogP contribution in [0.15, 0.2) is 24.3 Å². The normalized spacial score (nSPS) is 13.2. The highest BCUT2D eigenvalue weighted by Crippen LogP contribution is 2.30. The molecule has 1 aromatic carbocycles. The van der Waals surface area contributed by atoms with Crippen LogP contribution in [0.4, 0.5) is 13.2 Å². The minimum absolute atomic E-state index is 0.165. The molecule has 1 amide bonds. The maximum Gasteiger partial charge on any atom is 0.416 e. The molecule has 0 saturated carbocycles. The van der Waals surface area contributed by atoms with Crippen molar-refractivity contribution in [1.82, 2.24) is 0 Å². The van der Waals surface area contributed by atoms with Crippen LogP contribution in [-0.4, -0.2) is 11.7 Å². The third-order valence-electron chi connectivity index (χ3n) is 2.26. The molecule has 0 spiro atoms. The van der Waals surface area contributed by atoms with Gasteiger partial charge >= 0.3 is 6.18 Å². The largest absolute Gasteiger partial charge is 0.416 e. The zero-order chi connectivity index (χ0) is 13.2. The fraction of sp³-hybridized carbons (Fsp3) is 0.273. The van der Waals surface area contributed by atoms with Crippen LogP contribution in [-0.2, 0) is 15.8 Å². The quantitative estimate of drug-likeness (QED) is 0.826. The standard InChI is InChI=1S/C11H10F3NO2/c1-6(16)9(10(15)17)7-2-4-8(5-3-7)11(12,13)14/h2-5,9H,1H3,(H2,15,17)/t9-/m1/s1. The fourth-order valence-corrected chi connectivity index (χ4v) is 1.46. The lowest BCUT2D eigenvalue weighted by atomic mass is 9.94. The van der Waals surface area contributed by atoms with Crippen LogP contribution in [0.5, 0.6) is 0 Å². The summed E-state index contributed by atoms with van der Waals surface area (Å²) in [5.74, 6) is -2.58. The zero-order valence-electron chi connectivity index (χ0n) is 8.91. The van der Waals surface area contributed by atoms with E-state index in [2.05, 4.69) is 0 Å². The number of rotatable bonds is 3. The van der Waals surface area contributed by atoms with Crippen LogP contribution in [0.25, 0.3) is 0 Å². The van der Waals surface area contributed by atoms with E-state index in [-0.39, 0.29) is 5.56 Å². The lowest BCUT2D eigenvalue weighted by Crippen LogP contribution is -2.26. The number of carbonyl (C=O) groups excluding carboxylic acids is 2. The average Bonchev–Trinajstić information content (AvgIpc) is 2.15. The van der Waals surface area contributed by atoms with Gasteiger partial charge in [0.1, 0.15) is 11.7 Å². The molecule has 0 aliphatic rings. The predicted molar refractivity (Wildman–Crippen MR) is 54.1 cm³/mol. The summed E-state index contributed by atoms with van der Waals surface area (Å²) < 4.78 is 36.8. The van der Waals surface area contributed by atoms with Gasteiger partial charge in [0, 0.05) is 0 Å². The lowest BCUT2D eigenvalue weighted by molar-refractivity contribution is -0.137. The Bertz CT molecular complexity index is 423. The second kappa shape index (κ2) is 4.57. The molecule has 0 radical (unpaired) electrons. The van der Waals surface area contributed by atoms with Crippen molar-refractivity contribution in [2.45, 2.75) is 19.0 Å². The lowest BCUT2D eigenvalue weighted by Gasteiger charge is -2.12. The van der Waals surface area contributed by atoms with Crippen LogP contribution in [0, 0.1) is 0 Å². The molecule has 1 atom stereocenters. The first-order chi connectivity index (χ1) is 7.73. The minimum atomic E-state index is -4.45. The van der Waals surface area contributed by atoms with Crippen LogP contribution in [0.1, 0.15) is 24.0 Å². The number of hydrogen-bond donors (Lipinski definition) is 1. The van der Waals surface area contributed by atoms with Crippen LogP contribution in [0.3, 0.4) is 0 Å². The third kappa shape index (κ3) is 3.05. The first-order valence-corrected chi connectivity index (χ1v) is 4.70. The Morgan fingerprint density at radius 2 is 1.65 bits per heavy atom. The van der Waals surface area contributed by atoms with Crippen LogP contribution >= 0.6 is 0 Å². The van der Waals surface area contributed by atoms with E-state index in [9.17, 15) is 22.8 Å². The van der Waals surface area contributed by atoms with E-state index in [1.54, 1.807) is 0 Å². The summed E-state index contributed by atoms with van der Waals surface area (Å²) in [6.45, 7) is 1.16. The number of primary amides is 1. The number of hydrogen-bond acceptors (Lipinski definition) is 2. The van der Waals surface area contributed by atoms with E-state index in [0.29, 0.717) is 0 Å². The van der Waals surface area contributed by atoms with Gasteiger partial charge in [-0.3, -0.25) is 9.59 Å². The number of halogens is 3. The fourth-order valence-electron chi connectivity index (χ4n) is 1.46. The third-order valence-corrected chi connectivity index (χ3v) is 2.26. The summed E-state index contributed by atoms with van der Waals surface area (Å²) in [6.07, 6.45) is -4.45. The topological polar surface area (TPSA) is 60.2 Å². The van der Waals surface area contributed by atoms with Gasteiger partial charge in [0.2, 0.25) is 5.91 Å². The Balaban J connectivity index is 3.09. The number of carbonyl (C=O) groups is 2. The Morgan fingerprint density at radius 3 is 1.94 bits per heavy atom. The minimum Gasteiger partial charge on any atom is -0.369 e. The van der Waals surface area contributed by atoms with Crippen molar-refractivity contribution in [3.8, 4) is 0 Å². The zero-order valence-corrected chi connectivity index (χ0v) is 8.91. The summed E-state index contributed by atoms with van der Waals surface area (Å²) in [4.78, 5) is 22.1. The Labute approximate surface area is 95.4 Å². The van der Waals surface area contributed by atoms with E-state index in [0.717, 1.165) is 31.2 Å². The van der Waals surface area contributed by atoms with Gasteiger partial charge in [-0.05, 0) is 24.6 Å². The van der Waals surface area contributed by atoms with E-state index in [4.69, 9.17) is 5.73 Å². The monoisotopic (exact) mass is 245 g/mol. The number of benzene rings is 1.